The highest BCUT2D eigenvalue weighted by Gasteiger charge is 2.34. The van der Waals surface area contributed by atoms with Crippen molar-refractivity contribution in [3.63, 3.8) is 0 Å². The number of carboxylic acid groups (broad SMARTS) is 1. The Labute approximate surface area is 168 Å². The number of ether oxygens (including phenoxy) is 1. The number of hydrogen-bond donors (Lipinski definition) is 3. The molecule has 0 atom stereocenters. The Morgan fingerprint density at radius 2 is 1.93 bits per heavy atom. The minimum absolute atomic E-state index is 0. The van der Waals surface area contributed by atoms with Crippen LogP contribution >= 0.6 is 12.4 Å². The van der Waals surface area contributed by atoms with E-state index in [1.165, 1.54) is 0 Å². The minimum atomic E-state index is -1.15. The second-order valence-corrected chi connectivity index (χ2v) is 6.70. The van der Waals surface area contributed by atoms with E-state index in [0.717, 1.165) is 11.1 Å². The molecule has 2 heterocycles. The van der Waals surface area contributed by atoms with Gasteiger partial charge in [-0.2, -0.15) is 0 Å². The lowest BCUT2D eigenvalue weighted by atomic mass is 9.78. The molecular formula is C19H20BClN2O5. The van der Waals surface area contributed by atoms with Crippen molar-refractivity contribution in [2.45, 2.75) is 18.8 Å². The number of carbonyl (C=O) groups is 1. The molecule has 0 bridgehead atoms. The largest absolute Gasteiger partial charge is 0.535 e. The maximum atomic E-state index is 11.8. The van der Waals surface area contributed by atoms with Gasteiger partial charge in [-0.3, -0.25) is 5.41 Å². The molecule has 146 valence electrons. The van der Waals surface area contributed by atoms with Crippen LogP contribution in [0.25, 0.3) is 0 Å². The lowest BCUT2D eigenvalue weighted by molar-refractivity contribution is 0.0597. The number of halogens is 1. The fourth-order valence-corrected chi connectivity index (χ4v) is 3.37. The Balaban J connectivity index is 0.00000225. The predicted octanol–water partition coefficient (Wildman–Crippen LogP) is 2.31. The first-order chi connectivity index (χ1) is 13.0. The summed E-state index contributed by atoms with van der Waals surface area (Å²) in [5.74, 6) is -0.312. The zero-order valence-corrected chi connectivity index (χ0v) is 15.8. The topological polar surface area (TPSA) is 103 Å². The number of amidine groups is 1. The van der Waals surface area contributed by atoms with E-state index in [2.05, 4.69) is 0 Å². The molecule has 7 nitrogen and oxygen atoms in total. The third-order valence-corrected chi connectivity index (χ3v) is 4.83. The van der Waals surface area contributed by atoms with Crippen LogP contribution in [0.3, 0.4) is 0 Å². The van der Waals surface area contributed by atoms with Gasteiger partial charge in [-0.1, -0.05) is 36.4 Å². The quantitative estimate of drug-likeness (QED) is 0.412. The van der Waals surface area contributed by atoms with Crippen LogP contribution in [0.15, 0.2) is 42.5 Å². The smallest absolute Gasteiger partial charge is 0.522 e. The van der Waals surface area contributed by atoms with Crippen LogP contribution in [0.5, 0.6) is 11.5 Å². The molecule has 2 aromatic carbocycles. The summed E-state index contributed by atoms with van der Waals surface area (Å²) in [6, 6.07) is 12.9. The number of hydrogen-bond acceptors (Lipinski definition) is 5. The summed E-state index contributed by atoms with van der Waals surface area (Å²) in [5, 5.41) is 27.6. The van der Waals surface area contributed by atoms with E-state index in [4.69, 9.17) is 14.8 Å². The Morgan fingerprint density at radius 1 is 1.21 bits per heavy atom. The number of rotatable bonds is 4. The van der Waals surface area contributed by atoms with Gasteiger partial charge in [-0.05, 0) is 24.4 Å². The third-order valence-electron chi connectivity index (χ3n) is 4.83. The molecule has 0 unspecified atom stereocenters. The molecule has 0 spiro atoms. The number of carboxylic acids is 1. The number of aryl methyl sites for hydroxylation is 1. The van der Waals surface area contributed by atoms with Gasteiger partial charge in [0.15, 0.2) is 0 Å². The summed E-state index contributed by atoms with van der Waals surface area (Å²) in [7, 11) is -1.00. The van der Waals surface area contributed by atoms with Crippen molar-refractivity contribution in [1.29, 1.82) is 5.41 Å². The fourth-order valence-electron chi connectivity index (χ4n) is 3.37. The van der Waals surface area contributed by atoms with Crippen LogP contribution < -0.4 is 9.39 Å². The molecule has 3 N–H and O–H groups in total. The normalized spacial score (nSPS) is 15.6. The van der Waals surface area contributed by atoms with Crippen molar-refractivity contribution in [3.8, 4) is 11.5 Å². The molecule has 1 saturated heterocycles. The van der Waals surface area contributed by atoms with E-state index in [-0.39, 0.29) is 35.6 Å². The van der Waals surface area contributed by atoms with Gasteiger partial charge in [0.05, 0.1) is 13.1 Å². The maximum Gasteiger partial charge on any atom is 0.522 e. The molecule has 0 radical (unpaired) electrons. The number of likely N-dealkylation sites (tertiary alicyclic amines) is 1. The second kappa shape index (κ2) is 8.12. The first kappa shape index (κ1) is 20.0. The molecule has 2 aromatic rings. The van der Waals surface area contributed by atoms with Gasteiger partial charge in [0.1, 0.15) is 29.0 Å². The first-order valence-electron chi connectivity index (χ1n) is 8.82. The molecule has 2 aliphatic rings. The fraction of sp³-hybridized carbons (Fsp3) is 0.263. The Kier molecular flexibility index (Phi) is 5.81. The summed E-state index contributed by atoms with van der Waals surface area (Å²) in [6.45, 7) is 1.01. The summed E-state index contributed by atoms with van der Waals surface area (Å²) >= 11 is 0. The second-order valence-electron chi connectivity index (χ2n) is 6.70. The predicted molar refractivity (Wildman–Crippen MR) is 107 cm³/mol. The van der Waals surface area contributed by atoms with E-state index in [9.17, 15) is 14.9 Å². The summed E-state index contributed by atoms with van der Waals surface area (Å²) in [6.07, 6.45) is 0.784. The van der Waals surface area contributed by atoms with Crippen LogP contribution in [-0.4, -0.2) is 53.1 Å². The average Bonchev–Trinajstić information content (AvgIpc) is 2.63. The van der Waals surface area contributed by atoms with Gasteiger partial charge >= 0.3 is 13.1 Å². The number of nitrogens with one attached hydrogen (secondary N) is 1. The number of aromatic carboxylic acids is 1. The van der Waals surface area contributed by atoms with E-state index in [1.807, 2.05) is 35.2 Å². The van der Waals surface area contributed by atoms with Crippen molar-refractivity contribution in [1.82, 2.24) is 4.90 Å². The maximum absolute atomic E-state index is 11.8. The molecule has 28 heavy (non-hydrogen) atoms. The molecule has 9 heteroatoms. The minimum Gasteiger partial charge on any atom is -0.535 e. The van der Waals surface area contributed by atoms with Crippen LogP contribution in [0.1, 0.15) is 21.5 Å². The van der Waals surface area contributed by atoms with Gasteiger partial charge in [0.2, 0.25) is 0 Å². The summed E-state index contributed by atoms with van der Waals surface area (Å²) in [4.78, 5) is 13.6. The van der Waals surface area contributed by atoms with E-state index < -0.39 is 13.1 Å². The highest BCUT2D eigenvalue weighted by atomic mass is 35.5. The van der Waals surface area contributed by atoms with Crippen molar-refractivity contribution in [3.05, 3.63) is 59.2 Å². The van der Waals surface area contributed by atoms with Gasteiger partial charge in [-0.25, -0.2) is 4.79 Å². The summed E-state index contributed by atoms with van der Waals surface area (Å²) < 4.78 is 11.2. The molecule has 0 aromatic heterocycles. The van der Waals surface area contributed by atoms with Crippen molar-refractivity contribution in [2.75, 3.05) is 13.1 Å². The molecule has 1 fully saturated rings. The average molecular weight is 403 g/mol. The molecule has 0 amide bonds. The van der Waals surface area contributed by atoms with Crippen LogP contribution in [0.4, 0.5) is 0 Å². The molecule has 0 saturated carbocycles. The molecule has 2 aliphatic heterocycles. The molecular weight excluding hydrogens is 382 g/mol. The third kappa shape index (κ3) is 3.79. The highest BCUT2D eigenvalue weighted by molar-refractivity contribution is 6.44. The zero-order chi connectivity index (χ0) is 19.0. The van der Waals surface area contributed by atoms with Crippen LogP contribution in [0, 0.1) is 5.41 Å². The van der Waals surface area contributed by atoms with Crippen molar-refractivity contribution in [2.24, 2.45) is 0 Å². The van der Waals surface area contributed by atoms with E-state index >= 15 is 0 Å². The van der Waals surface area contributed by atoms with Gasteiger partial charge < -0.3 is 24.4 Å². The zero-order valence-electron chi connectivity index (χ0n) is 15.0. The number of benzene rings is 2. The Hall–Kier alpha value is -2.71. The van der Waals surface area contributed by atoms with Gasteiger partial charge in [-0.15, -0.1) is 12.4 Å². The molecule has 4 rings (SSSR count). The molecule has 0 aliphatic carbocycles. The number of nitrogens with zero attached hydrogens (tertiary/aromatic N) is 1. The Bertz CT molecular complexity index is 889. The highest BCUT2D eigenvalue weighted by Crippen LogP contribution is 2.37. The van der Waals surface area contributed by atoms with Gasteiger partial charge in [0, 0.05) is 5.56 Å². The van der Waals surface area contributed by atoms with Crippen molar-refractivity contribution >= 4 is 31.3 Å². The van der Waals surface area contributed by atoms with Crippen LogP contribution in [0.2, 0.25) is 6.32 Å². The SMILES string of the molecule is Cl.N=C(c1ccccc1)N1CC(Oc2ccc3c(c2C(=O)O)OB(O)CC3)C1. The monoisotopic (exact) mass is 402 g/mol. The standard InChI is InChI=1S/C19H19BN2O5.ClH/c21-18(13-4-2-1-3-5-13)22-10-14(11-22)26-15-7-6-12-8-9-20(25)27-17(12)16(15)19(23)24;/h1-7,14,21,25H,8-11H2,(H,23,24);1H. The summed E-state index contributed by atoms with van der Waals surface area (Å²) in [5.41, 5.74) is 1.53. The van der Waals surface area contributed by atoms with Gasteiger partial charge in [0.25, 0.3) is 0 Å². The lowest BCUT2D eigenvalue weighted by Gasteiger charge is -2.41. The Morgan fingerprint density at radius 3 is 2.61 bits per heavy atom. The van der Waals surface area contributed by atoms with E-state index in [1.54, 1.807) is 12.1 Å². The van der Waals surface area contributed by atoms with E-state index in [0.29, 0.717) is 31.7 Å². The first-order valence-corrected chi connectivity index (χ1v) is 8.82. The number of fused-ring (bicyclic) bond motifs is 1. The van der Waals surface area contributed by atoms with Crippen molar-refractivity contribution < 1.29 is 24.3 Å². The lowest BCUT2D eigenvalue weighted by Crippen LogP contribution is -2.56. The van der Waals surface area contributed by atoms with Crippen LogP contribution in [-0.2, 0) is 6.42 Å².